The molecule has 0 radical (unpaired) electrons. The zero-order valence-corrected chi connectivity index (χ0v) is 13.1. The molecule has 0 heterocycles. The van der Waals surface area contributed by atoms with Crippen LogP contribution >= 0.6 is 23.2 Å². The minimum absolute atomic E-state index is 0.320. The second kappa shape index (κ2) is 12.1. The van der Waals surface area contributed by atoms with E-state index in [1.165, 1.54) is 52.1 Å². The van der Waals surface area contributed by atoms with E-state index in [0.717, 1.165) is 12.8 Å². The van der Waals surface area contributed by atoms with Gasteiger partial charge in [0.2, 0.25) is 0 Å². The first kappa shape index (κ1) is 18.0. The Balaban J connectivity index is 3.40. The van der Waals surface area contributed by atoms with E-state index in [0.29, 0.717) is 0 Å². The number of unbranched alkanes of at least 4 members (excludes halogenated alkanes) is 7. The van der Waals surface area contributed by atoms with Crippen LogP contribution in [0, 0.1) is 0 Å². The lowest BCUT2D eigenvalue weighted by Gasteiger charge is -2.13. The summed E-state index contributed by atoms with van der Waals surface area (Å²) in [5.74, 6) is -0.434. The SMILES string of the molecule is CCCCCCCCCC[C@@H](Cl)[C@H](Cl)C(=O)OC. The van der Waals surface area contributed by atoms with Crippen molar-refractivity contribution >= 4 is 29.2 Å². The molecule has 0 bridgehead atoms. The summed E-state index contributed by atoms with van der Waals surface area (Å²) in [5.41, 5.74) is 0. The van der Waals surface area contributed by atoms with Crippen molar-refractivity contribution in [3.63, 3.8) is 0 Å². The van der Waals surface area contributed by atoms with Crippen LogP contribution in [0.2, 0.25) is 0 Å². The minimum Gasteiger partial charge on any atom is -0.468 e. The Morgan fingerprint density at radius 1 is 1.00 bits per heavy atom. The third-order valence-electron chi connectivity index (χ3n) is 3.08. The molecule has 108 valence electrons. The fraction of sp³-hybridized carbons (Fsp3) is 0.929. The molecule has 0 aliphatic rings. The molecule has 4 heteroatoms. The molecule has 2 nitrogen and oxygen atoms in total. The number of halogens is 2. The lowest BCUT2D eigenvalue weighted by Crippen LogP contribution is -2.26. The van der Waals surface area contributed by atoms with Crippen molar-refractivity contribution in [1.82, 2.24) is 0 Å². The Labute approximate surface area is 121 Å². The molecule has 0 rings (SSSR count). The molecule has 0 saturated heterocycles. The number of hydrogen-bond donors (Lipinski definition) is 0. The monoisotopic (exact) mass is 296 g/mol. The largest absolute Gasteiger partial charge is 0.468 e. The second-order valence-electron chi connectivity index (χ2n) is 4.70. The normalized spacial score (nSPS) is 14.2. The molecular weight excluding hydrogens is 271 g/mol. The molecule has 0 unspecified atom stereocenters. The van der Waals surface area contributed by atoms with Crippen molar-refractivity contribution in [2.75, 3.05) is 7.11 Å². The van der Waals surface area contributed by atoms with Crippen LogP contribution in [0.15, 0.2) is 0 Å². The maximum atomic E-state index is 11.2. The van der Waals surface area contributed by atoms with Crippen molar-refractivity contribution in [1.29, 1.82) is 0 Å². The first-order valence-electron chi connectivity index (χ1n) is 6.99. The van der Waals surface area contributed by atoms with E-state index in [9.17, 15) is 4.79 Å². The Hall–Kier alpha value is 0.0500. The highest BCUT2D eigenvalue weighted by Gasteiger charge is 2.24. The van der Waals surface area contributed by atoms with Gasteiger partial charge in [0.25, 0.3) is 0 Å². The van der Waals surface area contributed by atoms with E-state index in [-0.39, 0.29) is 5.38 Å². The molecule has 0 saturated carbocycles. The van der Waals surface area contributed by atoms with Crippen LogP contribution in [0.3, 0.4) is 0 Å². The number of esters is 1. The van der Waals surface area contributed by atoms with Gasteiger partial charge >= 0.3 is 5.97 Å². The summed E-state index contributed by atoms with van der Waals surface area (Å²) in [6.07, 6.45) is 10.8. The molecule has 0 aliphatic heterocycles. The fourth-order valence-electron chi connectivity index (χ4n) is 1.88. The number of rotatable bonds is 11. The number of carbonyl (C=O) groups is 1. The predicted octanol–water partition coefficient (Wildman–Crippen LogP) is 4.91. The summed E-state index contributed by atoms with van der Waals surface area (Å²) >= 11 is 11.9. The molecule has 0 aromatic carbocycles. The Morgan fingerprint density at radius 2 is 1.50 bits per heavy atom. The van der Waals surface area contributed by atoms with Gasteiger partial charge in [-0.2, -0.15) is 0 Å². The van der Waals surface area contributed by atoms with Crippen LogP contribution in [0.4, 0.5) is 0 Å². The van der Waals surface area contributed by atoms with E-state index < -0.39 is 11.3 Å². The van der Waals surface area contributed by atoms with Gasteiger partial charge in [-0.25, -0.2) is 0 Å². The van der Waals surface area contributed by atoms with Crippen LogP contribution in [0.25, 0.3) is 0 Å². The summed E-state index contributed by atoms with van der Waals surface area (Å²) in [5, 5.41) is -1.04. The van der Waals surface area contributed by atoms with Crippen LogP contribution < -0.4 is 0 Å². The zero-order valence-electron chi connectivity index (χ0n) is 11.6. The highest BCUT2D eigenvalue weighted by atomic mass is 35.5. The summed E-state index contributed by atoms with van der Waals surface area (Å²) < 4.78 is 4.56. The smallest absolute Gasteiger partial charge is 0.325 e. The van der Waals surface area contributed by atoms with Crippen molar-refractivity contribution in [2.45, 2.75) is 75.5 Å². The van der Waals surface area contributed by atoms with Gasteiger partial charge in [-0.1, -0.05) is 58.3 Å². The van der Waals surface area contributed by atoms with Crippen molar-refractivity contribution in [2.24, 2.45) is 0 Å². The molecule has 18 heavy (non-hydrogen) atoms. The lowest BCUT2D eigenvalue weighted by atomic mass is 10.1. The lowest BCUT2D eigenvalue weighted by molar-refractivity contribution is -0.140. The van der Waals surface area contributed by atoms with E-state index >= 15 is 0 Å². The number of ether oxygens (including phenoxy) is 1. The molecule has 0 N–H and O–H groups in total. The van der Waals surface area contributed by atoms with Gasteiger partial charge in [0, 0.05) is 0 Å². The third kappa shape index (κ3) is 9.04. The highest BCUT2D eigenvalue weighted by molar-refractivity contribution is 6.36. The first-order chi connectivity index (χ1) is 8.63. The summed E-state index contributed by atoms with van der Waals surface area (Å²) in [4.78, 5) is 11.2. The number of carbonyl (C=O) groups excluding carboxylic acids is 1. The molecule has 0 aromatic rings. The van der Waals surface area contributed by atoms with Crippen LogP contribution in [-0.4, -0.2) is 23.8 Å². The molecule has 0 fully saturated rings. The Kier molecular flexibility index (Phi) is 12.1. The maximum Gasteiger partial charge on any atom is 0.325 e. The van der Waals surface area contributed by atoms with Crippen LogP contribution in [0.5, 0.6) is 0 Å². The molecule has 2 atom stereocenters. The predicted molar refractivity (Wildman–Crippen MR) is 78.5 cm³/mol. The average molecular weight is 297 g/mol. The summed E-state index contributed by atoms with van der Waals surface area (Å²) in [6, 6.07) is 0. The molecular formula is C14H26Cl2O2. The number of alkyl halides is 2. The highest BCUT2D eigenvalue weighted by Crippen LogP contribution is 2.19. The third-order valence-corrected chi connectivity index (χ3v) is 4.16. The van der Waals surface area contributed by atoms with Gasteiger partial charge < -0.3 is 4.74 Å². The quantitative estimate of drug-likeness (QED) is 0.308. The van der Waals surface area contributed by atoms with Crippen molar-refractivity contribution in [3.05, 3.63) is 0 Å². The first-order valence-corrected chi connectivity index (χ1v) is 7.86. The summed E-state index contributed by atoms with van der Waals surface area (Å²) in [6.45, 7) is 2.23. The second-order valence-corrected chi connectivity index (χ2v) is 5.74. The van der Waals surface area contributed by atoms with Gasteiger partial charge in [0.15, 0.2) is 0 Å². The fourth-order valence-corrected chi connectivity index (χ4v) is 2.35. The topological polar surface area (TPSA) is 26.3 Å². The van der Waals surface area contributed by atoms with E-state index in [2.05, 4.69) is 11.7 Å². The van der Waals surface area contributed by atoms with Crippen LogP contribution in [0.1, 0.15) is 64.7 Å². The average Bonchev–Trinajstić information content (AvgIpc) is 2.39. The van der Waals surface area contributed by atoms with Gasteiger partial charge in [0.05, 0.1) is 12.5 Å². The zero-order chi connectivity index (χ0) is 13.8. The molecule has 0 aliphatic carbocycles. The van der Waals surface area contributed by atoms with E-state index in [1.54, 1.807) is 0 Å². The Bertz CT molecular complexity index is 210. The standard InChI is InChI=1S/C14H26Cl2O2/c1-3-4-5-6-7-8-9-10-11-12(15)13(16)14(17)18-2/h12-13H,3-11H2,1-2H3/t12-,13+/m1/s1. The van der Waals surface area contributed by atoms with Gasteiger partial charge in [0.1, 0.15) is 5.38 Å². The summed E-state index contributed by atoms with van der Waals surface area (Å²) in [7, 11) is 1.33. The minimum atomic E-state index is -0.721. The van der Waals surface area contributed by atoms with Gasteiger partial charge in [-0.15, -0.1) is 23.2 Å². The maximum absolute atomic E-state index is 11.2. The van der Waals surface area contributed by atoms with Gasteiger partial charge in [-0.05, 0) is 6.42 Å². The Morgan fingerprint density at radius 3 is 2.00 bits per heavy atom. The van der Waals surface area contributed by atoms with E-state index in [1.807, 2.05) is 0 Å². The molecule has 0 aromatic heterocycles. The number of hydrogen-bond acceptors (Lipinski definition) is 2. The van der Waals surface area contributed by atoms with Crippen LogP contribution in [-0.2, 0) is 9.53 Å². The van der Waals surface area contributed by atoms with Crippen molar-refractivity contribution in [3.8, 4) is 0 Å². The van der Waals surface area contributed by atoms with Gasteiger partial charge in [-0.3, -0.25) is 4.79 Å². The van der Waals surface area contributed by atoms with Crippen molar-refractivity contribution < 1.29 is 9.53 Å². The van der Waals surface area contributed by atoms with E-state index in [4.69, 9.17) is 23.2 Å². The molecule has 0 spiro atoms. The number of methoxy groups -OCH3 is 1. The molecule has 0 amide bonds.